The molecule has 0 spiro atoms. The number of hydrogen-bond donors (Lipinski definition) is 2. The lowest BCUT2D eigenvalue weighted by molar-refractivity contribution is -0.135. The zero-order valence-electron chi connectivity index (χ0n) is 25.2. The van der Waals surface area contributed by atoms with E-state index in [-0.39, 0.29) is 24.3 Å². The summed E-state index contributed by atoms with van der Waals surface area (Å²) in [6.45, 7) is 1.48. The number of hydrogen-bond acceptors (Lipinski definition) is 10. The van der Waals surface area contributed by atoms with E-state index in [1.807, 2.05) is 30.3 Å². The minimum atomic E-state index is -4.20. The van der Waals surface area contributed by atoms with Gasteiger partial charge >= 0.3 is 22.8 Å². The van der Waals surface area contributed by atoms with Crippen molar-refractivity contribution in [1.82, 2.24) is 5.32 Å². The molecule has 0 fully saturated rings. The summed E-state index contributed by atoms with van der Waals surface area (Å²) < 4.78 is 61.4. The van der Waals surface area contributed by atoms with Crippen molar-refractivity contribution in [3.05, 3.63) is 120 Å². The Kier molecular flexibility index (Phi) is 15.6. The Morgan fingerprint density at radius 2 is 1.02 bits per heavy atom. The van der Waals surface area contributed by atoms with Crippen LogP contribution in [0.2, 0.25) is 0 Å². The van der Waals surface area contributed by atoms with Gasteiger partial charge in [-0.2, -0.15) is 33.6 Å². The van der Waals surface area contributed by atoms with Crippen molar-refractivity contribution in [2.24, 2.45) is 20.5 Å². The number of carboxylic acids is 1. The summed E-state index contributed by atoms with van der Waals surface area (Å²) in [5, 5.41) is 27.3. The van der Waals surface area contributed by atoms with Crippen LogP contribution in [0.4, 0.5) is 35.9 Å². The lowest BCUT2D eigenvalue weighted by Crippen LogP contribution is -2.25. The molecule has 12 nitrogen and oxygen atoms in total. The van der Waals surface area contributed by atoms with Crippen LogP contribution in [0.1, 0.15) is 50.8 Å². The number of benzene rings is 4. The Labute approximate surface area is 274 Å². The fraction of sp³-hybridized carbons (Fsp3) is 0.156. The normalized spacial score (nSPS) is 10.8. The molecule has 0 aliphatic heterocycles. The van der Waals surface area contributed by atoms with E-state index in [0.29, 0.717) is 33.9 Å². The molecule has 1 amide bonds. The second-order valence-electron chi connectivity index (χ2n) is 9.42. The van der Waals surface area contributed by atoms with Crippen LogP contribution in [0.15, 0.2) is 124 Å². The summed E-state index contributed by atoms with van der Waals surface area (Å²) in [7, 11) is -3.11. The first-order chi connectivity index (χ1) is 22.7. The van der Waals surface area contributed by atoms with Gasteiger partial charge < -0.3 is 10.4 Å². The Bertz CT molecular complexity index is 1750. The smallest absolute Gasteiger partial charge is 0.425 e. The summed E-state index contributed by atoms with van der Waals surface area (Å²) >= 11 is 0. The Morgan fingerprint density at radius 3 is 1.40 bits per heavy atom. The van der Waals surface area contributed by atoms with Gasteiger partial charge in [0.05, 0.1) is 28.3 Å². The number of alkyl halides is 3. The van der Waals surface area contributed by atoms with Crippen LogP contribution in [0.25, 0.3) is 0 Å². The van der Waals surface area contributed by atoms with Crippen LogP contribution in [0.3, 0.4) is 0 Å². The van der Waals surface area contributed by atoms with E-state index in [0.717, 1.165) is 0 Å². The molecule has 48 heavy (non-hydrogen) atoms. The quantitative estimate of drug-likeness (QED) is 0.0959. The van der Waals surface area contributed by atoms with Gasteiger partial charge in [-0.25, -0.2) is 4.79 Å². The SMILES string of the molecule is CC(=O)c1ccc(N=Nc2ccc(C(=O)O)cc2)cc1.O=C(NCCCC(F)(F)F)c1ccc(N=Nc2ccccc2)cc1.O=S(=O)=O. The molecule has 250 valence electrons. The number of carboxylic acid groups (broad SMARTS) is 1. The minimum absolute atomic E-state index is 0.00208. The molecule has 0 aromatic heterocycles. The van der Waals surface area contributed by atoms with Gasteiger partial charge in [-0.1, -0.05) is 18.2 Å². The molecular weight excluding hydrogens is 655 g/mol. The second kappa shape index (κ2) is 19.6. The number of rotatable bonds is 10. The van der Waals surface area contributed by atoms with Crippen LogP contribution in [0.5, 0.6) is 0 Å². The number of amides is 1. The van der Waals surface area contributed by atoms with E-state index in [1.165, 1.54) is 19.1 Å². The molecule has 0 bridgehead atoms. The third kappa shape index (κ3) is 15.9. The van der Waals surface area contributed by atoms with Gasteiger partial charge in [0.15, 0.2) is 5.78 Å². The van der Waals surface area contributed by atoms with Crippen molar-refractivity contribution in [2.75, 3.05) is 6.54 Å². The molecule has 0 unspecified atom stereocenters. The molecule has 2 N–H and O–H groups in total. The maximum atomic E-state index is 12.0. The van der Waals surface area contributed by atoms with Crippen molar-refractivity contribution in [3.63, 3.8) is 0 Å². The maximum absolute atomic E-state index is 12.0. The Hall–Kier alpha value is -5.90. The van der Waals surface area contributed by atoms with Crippen molar-refractivity contribution in [3.8, 4) is 0 Å². The van der Waals surface area contributed by atoms with E-state index in [9.17, 15) is 27.6 Å². The first kappa shape index (κ1) is 38.3. The van der Waals surface area contributed by atoms with Crippen molar-refractivity contribution < 1.29 is 45.3 Å². The average molecular weight is 684 g/mol. The van der Waals surface area contributed by atoms with Gasteiger partial charge in [0.25, 0.3) is 5.91 Å². The zero-order chi connectivity index (χ0) is 35.5. The lowest BCUT2D eigenvalue weighted by Gasteiger charge is -2.07. The number of carbonyl (C=O) groups is 3. The highest BCUT2D eigenvalue weighted by Gasteiger charge is 2.26. The Morgan fingerprint density at radius 1 is 0.646 bits per heavy atom. The minimum Gasteiger partial charge on any atom is -0.478 e. The van der Waals surface area contributed by atoms with Gasteiger partial charge in [0, 0.05) is 24.1 Å². The summed E-state index contributed by atoms with van der Waals surface area (Å²) in [6, 6.07) is 28.4. The highest BCUT2D eigenvalue weighted by molar-refractivity contribution is 7.59. The van der Waals surface area contributed by atoms with Gasteiger partial charge in [0.2, 0.25) is 0 Å². The second-order valence-corrected chi connectivity index (χ2v) is 9.82. The number of ketones is 1. The third-order valence-electron chi connectivity index (χ3n) is 5.76. The number of azo groups is 2. The number of halogens is 3. The van der Waals surface area contributed by atoms with Gasteiger partial charge in [-0.3, -0.25) is 9.59 Å². The van der Waals surface area contributed by atoms with E-state index < -0.39 is 35.1 Å². The van der Waals surface area contributed by atoms with Crippen LogP contribution < -0.4 is 5.32 Å². The standard InChI is InChI=1S/C17H16F3N3O.C15H12N2O3.O3S/c18-17(19,20)11-4-12-21-16(24)13-7-9-15(10-8-13)23-22-14-5-2-1-3-6-14;1-10(18)11-2-6-13(7-3-11)16-17-14-8-4-12(5-9-14)15(19)20;1-4(2)3/h1-3,5-10H,4,11-12H2,(H,21,24);2-9H,1H3,(H,19,20);. The van der Waals surface area contributed by atoms with Crippen LogP contribution in [0, 0.1) is 0 Å². The first-order valence-corrected chi connectivity index (χ1v) is 14.8. The molecule has 0 heterocycles. The van der Waals surface area contributed by atoms with E-state index in [4.69, 9.17) is 17.7 Å². The van der Waals surface area contributed by atoms with Gasteiger partial charge in [-0.05, 0) is 98.3 Å². The summed E-state index contributed by atoms with van der Waals surface area (Å²) in [5.74, 6) is -1.39. The molecule has 4 aromatic rings. The molecule has 0 aliphatic rings. The number of carbonyl (C=O) groups excluding carboxylic acids is 2. The molecular formula is C32H28F3N5O7S. The fourth-order valence-corrected chi connectivity index (χ4v) is 3.43. The molecule has 0 aliphatic carbocycles. The van der Waals surface area contributed by atoms with E-state index in [2.05, 4.69) is 25.8 Å². The molecule has 4 aromatic carbocycles. The number of Topliss-reactive ketones (excluding diaryl/α,β-unsaturated/α-hetero) is 1. The topological polar surface area (TPSA) is 184 Å². The van der Waals surface area contributed by atoms with E-state index >= 15 is 0 Å². The molecule has 0 radical (unpaired) electrons. The molecule has 0 atom stereocenters. The lowest BCUT2D eigenvalue weighted by atomic mass is 10.1. The molecule has 0 saturated heterocycles. The van der Waals surface area contributed by atoms with Crippen LogP contribution in [-0.2, 0) is 10.6 Å². The van der Waals surface area contributed by atoms with E-state index in [1.54, 1.807) is 60.7 Å². The number of aromatic carboxylic acids is 1. The largest absolute Gasteiger partial charge is 0.478 e. The fourth-order valence-electron chi connectivity index (χ4n) is 3.43. The Balaban J connectivity index is 0.000000304. The van der Waals surface area contributed by atoms with Crippen molar-refractivity contribution in [1.29, 1.82) is 0 Å². The highest BCUT2D eigenvalue weighted by Crippen LogP contribution is 2.22. The van der Waals surface area contributed by atoms with Crippen molar-refractivity contribution >= 4 is 51.0 Å². The van der Waals surface area contributed by atoms with Gasteiger partial charge in [0.1, 0.15) is 0 Å². The van der Waals surface area contributed by atoms with Gasteiger partial charge in [-0.15, -0.1) is 12.6 Å². The molecule has 16 heteroatoms. The zero-order valence-corrected chi connectivity index (χ0v) is 26.0. The summed E-state index contributed by atoms with van der Waals surface area (Å²) in [4.78, 5) is 33.6. The molecule has 4 rings (SSSR count). The monoisotopic (exact) mass is 683 g/mol. The maximum Gasteiger partial charge on any atom is 0.425 e. The highest BCUT2D eigenvalue weighted by atomic mass is 32.2. The number of nitrogens with zero attached hydrogens (tertiary/aromatic N) is 4. The van der Waals surface area contributed by atoms with Crippen LogP contribution >= 0.6 is 0 Å². The first-order valence-electron chi connectivity index (χ1n) is 13.8. The molecule has 0 saturated carbocycles. The average Bonchev–Trinajstić information content (AvgIpc) is 3.05. The predicted molar refractivity (Wildman–Crippen MR) is 168 cm³/mol. The summed E-state index contributed by atoms with van der Waals surface area (Å²) in [5.41, 5.74) is 3.66. The third-order valence-corrected chi connectivity index (χ3v) is 5.76. The number of nitrogens with one attached hydrogen (secondary N) is 1. The summed E-state index contributed by atoms with van der Waals surface area (Å²) in [6.07, 6.45) is -5.25. The van der Waals surface area contributed by atoms with Crippen molar-refractivity contribution in [2.45, 2.75) is 25.9 Å². The predicted octanol–water partition coefficient (Wildman–Crippen LogP) is 8.17. The van der Waals surface area contributed by atoms with Crippen LogP contribution in [-0.4, -0.2) is 48.1 Å².